The van der Waals surface area contributed by atoms with Crippen molar-refractivity contribution in [3.8, 4) is 5.75 Å². The minimum atomic E-state index is -0.619. The van der Waals surface area contributed by atoms with Crippen molar-refractivity contribution in [2.24, 2.45) is 0 Å². The molecule has 3 aromatic carbocycles. The van der Waals surface area contributed by atoms with Gasteiger partial charge in [0.15, 0.2) is 0 Å². The maximum Gasteiger partial charge on any atom is 0.282 e. The van der Waals surface area contributed by atoms with Crippen molar-refractivity contribution >= 4 is 40.4 Å². The topological polar surface area (TPSA) is 49.9 Å². The van der Waals surface area contributed by atoms with Crippen molar-refractivity contribution in [1.29, 1.82) is 0 Å². The molecule has 0 saturated heterocycles. The zero-order valence-electron chi connectivity index (χ0n) is 17.1. The summed E-state index contributed by atoms with van der Waals surface area (Å²) >= 11 is 5.94. The Morgan fingerprint density at radius 1 is 0.969 bits per heavy atom. The largest absolute Gasteiger partial charge is 0.497 e. The zero-order valence-corrected chi connectivity index (χ0v) is 17.9. The average molecular weight is 449 g/mol. The minimum Gasteiger partial charge on any atom is -0.497 e. The first-order valence-corrected chi connectivity index (χ1v) is 10.5. The molecular formula is C25H18ClFN2O3. The fourth-order valence-electron chi connectivity index (χ4n) is 4.22. The molecule has 2 aliphatic heterocycles. The van der Waals surface area contributed by atoms with Crippen LogP contribution in [0.3, 0.4) is 0 Å². The lowest BCUT2D eigenvalue weighted by molar-refractivity contribution is -0.120. The van der Waals surface area contributed by atoms with Gasteiger partial charge in [-0.3, -0.25) is 9.59 Å². The maximum absolute atomic E-state index is 13.7. The number of para-hydroxylation sites is 1. The molecule has 7 heteroatoms. The molecule has 0 saturated carbocycles. The van der Waals surface area contributed by atoms with Crippen molar-refractivity contribution < 1.29 is 18.7 Å². The van der Waals surface area contributed by atoms with E-state index < -0.39 is 17.6 Å². The fourth-order valence-corrected chi connectivity index (χ4v) is 4.39. The summed E-state index contributed by atoms with van der Waals surface area (Å²) in [4.78, 5) is 30.2. The van der Waals surface area contributed by atoms with E-state index in [4.69, 9.17) is 16.3 Å². The van der Waals surface area contributed by atoms with Crippen LogP contribution in [0.1, 0.15) is 11.1 Å². The van der Waals surface area contributed by atoms with Gasteiger partial charge in [0.1, 0.15) is 17.3 Å². The highest BCUT2D eigenvalue weighted by molar-refractivity contribution is 6.46. The van der Waals surface area contributed by atoms with Crippen molar-refractivity contribution in [3.05, 3.63) is 94.4 Å². The summed E-state index contributed by atoms with van der Waals surface area (Å²) in [6.07, 6.45) is 0.763. The van der Waals surface area contributed by atoms with Crippen molar-refractivity contribution in [1.82, 2.24) is 0 Å². The van der Waals surface area contributed by atoms with Crippen molar-refractivity contribution in [2.75, 3.05) is 23.5 Å². The Hall–Kier alpha value is -3.64. The number of hydrogen-bond donors (Lipinski definition) is 0. The molecule has 0 N–H and O–H groups in total. The molecule has 0 radical (unpaired) electrons. The first-order valence-electron chi connectivity index (χ1n) is 10.1. The van der Waals surface area contributed by atoms with E-state index in [2.05, 4.69) is 0 Å². The summed E-state index contributed by atoms with van der Waals surface area (Å²) in [5.74, 6) is -0.935. The summed E-state index contributed by atoms with van der Waals surface area (Å²) < 4.78 is 19.0. The second-order valence-corrected chi connectivity index (χ2v) is 7.93. The molecule has 3 aromatic rings. The lowest BCUT2D eigenvalue weighted by atomic mass is 10.0. The molecule has 2 amide bonds. The lowest BCUT2D eigenvalue weighted by Crippen LogP contribution is -2.34. The van der Waals surface area contributed by atoms with Crippen LogP contribution in [0.2, 0.25) is 5.02 Å². The van der Waals surface area contributed by atoms with Crippen LogP contribution in [0.25, 0.3) is 5.57 Å². The molecule has 0 aromatic heterocycles. The van der Waals surface area contributed by atoms with Crippen LogP contribution in [0.4, 0.5) is 15.8 Å². The highest BCUT2D eigenvalue weighted by Crippen LogP contribution is 2.40. The third kappa shape index (κ3) is 3.15. The van der Waals surface area contributed by atoms with E-state index >= 15 is 0 Å². The van der Waals surface area contributed by atoms with Crippen LogP contribution >= 0.6 is 11.6 Å². The van der Waals surface area contributed by atoms with E-state index in [-0.39, 0.29) is 16.3 Å². The second-order valence-electron chi connectivity index (χ2n) is 7.53. The number of rotatable bonds is 4. The van der Waals surface area contributed by atoms with Gasteiger partial charge >= 0.3 is 0 Å². The number of ether oxygens (including phenoxy) is 1. The molecule has 0 spiro atoms. The Balaban J connectivity index is 1.67. The first kappa shape index (κ1) is 20.3. The van der Waals surface area contributed by atoms with E-state index in [9.17, 15) is 14.0 Å². The number of fused-ring (bicyclic) bond motifs is 1. The van der Waals surface area contributed by atoms with Crippen LogP contribution in [0.5, 0.6) is 5.75 Å². The summed E-state index contributed by atoms with van der Waals surface area (Å²) in [6.45, 7) is 0.575. The van der Waals surface area contributed by atoms with Gasteiger partial charge in [0.05, 0.1) is 23.4 Å². The standard InChI is InChI=1S/C25H18ClFN2O3/c1-32-18-9-6-16(7-10-18)22-23(28-13-12-15-4-2-3-5-21(15)28)25(31)29(24(22)30)17-8-11-20(27)19(26)14-17/h2-11,14H,12-13H2,1H3. The van der Waals surface area contributed by atoms with Gasteiger partial charge in [0, 0.05) is 12.2 Å². The van der Waals surface area contributed by atoms with Gasteiger partial charge < -0.3 is 9.64 Å². The van der Waals surface area contributed by atoms with E-state index in [0.717, 1.165) is 28.6 Å². The van der Waals surface area contributed by atoms with E-state index in [0.29, 0.717) is 23.6 Å². The Morgan fingerprint density at radius 3 is 2.44 bits per heavy atom. The zero-order chi connectivity index (χ0) is 22.4. The summed E-state index contributed by atoms with van der Waals surface area (Å²) in [6, 6.07) is 18.6. The van der Waals surface area contributed by atoms with Gasteiger partial charge in [0.25, 0.3) is 11.8 Å². The van der Waals surface area contributed by atoms with Crippen LogP contribution in [0.15, 0.2) is 72.4 Å². The van der Waals surface area contributed by atoms with Gasteiger partial charge in [0.2, 0.25) is 0 Å². The molecule has 0 unspecified atom stereocenters. The quantitative estimate of drug-likeness (QED) is 0.536. The SMILES string of the molecule is COc1ccc(C2=C(N3CCc4ccccc43)C(=O)N(c3ccc(F)c(Cl)c3)C2=O)cc1. The van der Waals surface area contributed by atoms with Crippen LogP contribution < -0.4 is 14.5 Å². The monoisotopic (exact) mass is 448 g/mol. The number of halogens is 2. The summed E-state index contributed by atoms with van der Waals surface area (Å²) in [5, 5.41) is -0.158. The van der Waals surface area contributed by atoms with Crippen molar-refractivity contribution in [2.45, 2.75) is 6.42 Å². The van der Waals surface area contributed by atoms with Gasteiger partial charge in [-0.1, -0.05) is 41.9 Å². The molecule has 0 fully saturated rings. The molecule has 160 valence electrons. The summed E-state index contributed by atoms with van der Waals surface area (Å²) in [7, 11) is 1.56. The van der Waals surface area contributed by atoms with Crippen LogP contribution in [-0.2, 0) is 16.0 Å². The third-order valence-electron chi connectivity index (χ3n) is 5.76. The van der Waals surface area contributed by atoms with E-state index in [1.165, 1.54) is 12.1 Å². The number of carbonyl (C=O) groups is 2. The Morgan fingerprint density at radius 2 is 1.72 bits per heavy atom. The minimum absolute atomic E-state index is 0.158. The molecule has 5 rings (SSSR count). The van der Waals surface area contributed by atoms with Crippen LogP contribution in [-0.4, -0.2) is 25.5 Å². The maximum atomic E-state index is 13.7. The molecule has 5 nitrogen and oxygen atoms in total. The summed E-state index contributed by atoms with van der Waals surface area (Å²) in [5.41, 5.74) is 3.41. The number of anilines is 2. The van der Waals surface area contributed by atoms with Gasteiger partial charge in [-0.2, -0.15) is 0 Å². The highest BCUT2D eigenvalue weighted by Gasteiger charge is 2.44. The molecule has 0 bridgehead atoms. The number of imide groups is 1. The molecule has 32 heavy (non-hydrogen) atoms. The molecule has 2 heterocycles. The fraction of sp³-hybridized carbons (Fsp3) is 0.120. The van der Waals surface area contributed by atoms with Gasteiger partial charge in [-0.15, -0.1) is 0 Å². The predicted molar refractivity (Wildman–Crippen MR) is 121 cm³/mol. The number of methoxy groups -OCH3 is 1. The van der Waals surface area contributed by atoms with E-state index in [1.54, 1.807) is 31.4 Å². The van der Waals surface area contributed by atoms with Crippen LogP contribution in [0, 0.1) is 5.82 Å². The Bertz CT molecular complexity index is 1290. The lowest BCUT2D eigenvalue weighted by Gasteiger charge is -2.22. The smallest absolute Gasteiger partial charge is 0.282 e. The van der Waals surface area contributed by atoms with Gasteiger partial charge in [-0.05, 0) is 53.9 Å². The van der Waals surface area contributed by atoms with Gasteiger partial charge in [-0.25, -0.2) is 9.29 Å². The first-order chi connectivity index (χ1) is 15.5. The predicted octanol–water partition coefficient (Wildman–Crippen LogP) is 4.83. The Labute approximate surface area is 189 Å². The second kappa shape index (κ2) is 7.80. The third-order valence-corrected chi connectivity index (χ3v) is 6.05. The number of hydrogen-bond acceptors (Lipinski definition) is 4. The highest BCUT2D eigenvalue weighted by atomic mass is 35.5. The molecular weight excluding hydrogens is 431 g/mol. The number of benzene rings is 3. The molecule has 2 aliphatic rings. The number of nitrogens with zero attached hydrogens (tertiary/aromatic N) is 2. The Kier molecular flexibility index (Phi) is 4.94. The normalized spacial score (nSPS) is 15.6. The molecule has 0 atom stereocenters. The average Bonchev–Trinajstić information content (AvgIpc) is 3.34. The number of carbonyl (C=O) groups excluding carboxylic acids is 2. The van der Waals surface area contributed by atoms with Crippen molar-refractivity contribution in [3.63, 3.8) is 0 Å². The molecule has 0 aliphatic carbocycles. The van der Waals surface area contributed by atoms with E-state index in [1.807, 2.05) is 29.2 Å². The number of amides is 2.